The molecule has 1 aromatic heterocycles. The minimum atomic E-state index is -4.23. The molecule has 0 aliphatic carbocycles. The Hall–Kier alpha value is -2.78. The van der Waals surface area contributed by atoms with Gasteiger partial charge in [-0.3, -0.25) is 14.8 Å². The Bertz CT molecular complexity index is 1470. The summed E-state index contributed by atoms with van der Waals surface area (Å²) in [5.41, 5.74) is 0.311. The third kappa shape index (κ3) is 5.78. The number of methoxy groups -OCH3 is 1. The molecule has 0 atom stereocenters. The summed E-state index contributed by atoms with van der Waals surface area (Å²) < 4.78 is 60.7. The van der Waals surface area contributed by atoms with Gasteiger partial charge in [0, 0.05) is 23.7 Å². The number of aromatic nitrogens is 2. The molecule has 36 heavy (non-hydrogen) atoms. The molecule has 2 N–H and O–H groups in total. The highest BCUT2D eigenvalue weighted by atomic mass is 35.5. The molecule has 0 saturated carbocycles. The average molecular weight is 572 g/mol. The van der Waals surface area contributed by atoms with Gasteiger partial charge in [0.1, 0.15) is 10.6 Å². The molecular weight excluding hydrogens is 550 g/mol. The molecule has 192 valence electrons. The summed E-state index contributed by atoms with van der Waals surface area (Å²) >= 11 is 6.46. The van der Waals surface area contributed by atoms with Gasteiger partial charge in [0.25, 0.3) is 20.3 Å². The van der Waals surface area contributed by atoms with Crippen molar-refractivity contribution in [1.29, 1.82) is 0 Å². The van der Waals surface area contributed by atoms with Crippen molar-refractivity contribution < 1.29 is 26.4 Å². The second kappa shape index (κ2) is 10.7. The molecule has 1 saturated heterocycles. The number of hydrogen-bond donors (Lipinski definition) is 2. The Morgan fingerprint density at radius 2 is 1.72 bits per heavy atom. The summed E-state index contributed by atoms with van der Waals surface area (Å²) in [6, 6.07) is 10.1. The lowest BCUT2D eigenvalue weighted by molar-refractivity contribution is 0.102. The molecule has 0 spiro atoms. The number of sulfonamides is 2. The number of benzene rings is 2. The van der Waals surface area contributed by atoms with E-state index in [4.69, 9.17) is 16.3 Å². The molecular formula is C21H22ClN5O6S3. The van der Waals surface area contributed by atoms with E-state index in [0.29, 0.717) is 35.0 Å². The minimum Gasteiger partial charge on any atom is -0.495 e. The van der Waals surface area contributed by atoms with Crippen molar-refractivity contribution in [1.82, 2.24) is 14.5 Å². The first-order chi connectivity index (χ1) is 17.1. The monoisotopic (exact) mass is 571 g/mol. The third-order valence-corrected chi connectivity index (χ3v) is 10.1. The molecule has 1 fully saturated rings. The van der Waals surface area contributed by atoms with E-state index in [9.17, 15) is 21.6 Å². The summed E-state index contributed by atoms with van der Waals surface area (Å²) in [5.74, 6) is -0.408. The number of nitrogens with zero attached hydrogens (tertiary/aromatic N) is 3. The van der Waals surface area contributed by atoms with E-state index in [2.05, 4.69) is 20.2 Å². The zero-order chi connectivity index (χ0) is 25.9. The van der Waals surface area contributed by atoms with Gasteiger partial charge in [0.05, 0.1) is 12.8 Å². The highest BCUT2D eigenvalue weighted by Gasteiger charge is 2.30. The van der Waals surface area contributed by atoms with Crippen LogP contribution in [0.2, 0.25) is 5.02 Å². The molecule has 0 radical (unpaired) electrons. The summed E-state index contributed by atoms with van der Waals surface area (Å²) in [6.07, 6.45) is 2.45. The maximum atomic E-state index is 13.2. The first kappa shape index (κ1) is 26.3. The fraction of sp³-hybridized carbons (Fsp3) is 0.286. The molecule has 0 unspecified atom stereocenters. The Morgan fingerprint density at radius 1 is 1.03 bits per heavy atom. The zero-order valence-electron chi connectivity index (χ0n) is 19.0. The second-order valence-corrected chi connectivity index (χ2v) is 12.9. The van der Waals surface area contributed by atoms with Crippen LogP contribution in [0, 0.1) is 0 Å². The van der Waals surface area contributed by atoms with E-state index in [1.54, 1.807) is 12.1 Å². The number of anilines is 2. The standard InChI is InChI=1S/C21H22ClN5O6S3/c1-33-17-10-9-16(13-18(17)36(31,32)27-11-3-2-4-12-27)26-35(29,30)21-25-24-20(34-21)23-19(28)14-5-7-15(22)8-6-14/h5-10,13,26H,2-4,11-12H2,1H3,(H,23,24,28). The lowest BCUT2D eigenvalue weighted by Gasteiger charge is -2.26. The lowest BCUT2D eigenvalue weighted by Crippen LogP contribution is -2.35. The molecule has 0 bridgehead atoms. The topological polar surface area (TPSA) is 148 Å². The van der Waals surface area contributed by atoms with Gasteiger partial charge in [0.2, 0.25) is 15.2 Å². The van der Waals surface area contributed by atoms with Crippen LogP contribution in [-0.2, 0) is 20.0 Å². The molecule has 1 aliphatic rings. The van der Waals surface area contributed by atoms with Gasteiger partial charge in [-0.15, -0.1) is 10.2 Å². The molecule has 2 heterocycles. The molecule has 1 aliphatic heterocycles. The van der Waals surface area contributed by atoms with Crippen molar-refractivity contribution in [3.8, 4) is 5.75 Å². The van der Waals surface area contributed by atoms with Crippen molar-refractivity contribution >= 4 is 59.7 Å². The Kier molecular flexibility index (Phi) is 7.80. The van der Waals surface area contributed by atoms with Crippen LogP contribution in [0.25, 0.3) is 0 Å². The van der Waals surface area contributed by atoms with Crippen LogP contribution >= 0.6 is 22.9 Å². The number of halogens is 1. The third-order valence-electron chi connectivity index (χ3n) is 5.31. The minimum absolute atomic E-state index is 0.00772. The number of piperidine rings is 1. The van der Waals surface area contributed by atoms with E-state index >= 15 is 0 Å². The normalized spacial score (nSPS) is 14.8. The van der Waals surface area contributed by atoms with Crippen molar-refractivity contribution in [3.63, 3.8) is 0 Å². The molecule has 4 rings (SSSR count). The maximum Gasteiger partial charge on any atom is 0.291 e. The average Bonchev–Trinajstić information content (AvgIpc) is 3.34. The van der Waals surface area contributed by atoms with Gasteiger partial charge in [-0.2, -0.15) is 12.7 Å². The molecule has 11 nitrogen and oxygen atoms in total. The smallest absolute Gasteiger partial charge is 0.291 e. The number of ether oxygens (including phenoxy) is 1. The predicted molar refractivity (Wildman–Crippen MR) is 136 cm³/mol. The quantitative estimate of drug-likeness (QED) is 0.391. The Labute approximate surface area is 217 Å². The number of carbonyl (C=O) groups is 1. The van der Waals surface area contributed by atoms with Gasteiger partial charge in [0.15, 0.2) is 0 Å². The van der Waals surface area contributed by atoms with E-state index in [1.165, 1.54) is 41.7 Å². The molecule has 3 aromatic rings. The van der Waals surface area contributed by atoms with Crippen LogP contribution in [0.3, 0.4) is 0 Å². The summed E-state index contributed by atoms with van der Waals surface area (Å²) in [5, 5.41) is 10.3. The van der Waals surface area contributed by atoms with Crippen LogP contribution in [0.4, 0.5) is 10.8 Å². The van der Waals surface area contributed by atoms with Crippen LogP contribution in [0.1, 0.15) is 29.6 Å². The maximum absolute atomic E-state index is 13.2. The first-order valence-corrected chi connectivity index (χ1v) is 14.8. The number of hydrogen-bond acceptors (Lipinski definition) is 9. The molecule has 2 aromatic carbocycles. The van der Waals surface area contributed by atoms with Gasteiger partial charge in [-0.1, -0.05) is 29.4 Å². The van der Waals surface area contributed by atoms with E-state index in [1.807, 2.05) is 0 Å². The Balaban J connectivity index is 1.54. The molecule has 1 amide bonds. The summed E-state index contributed by atoms with van der Waals surface area (Å²) in [6.45, 7) is 0.771. The number of amides is 1. The lowest BCUT2D eigenvalue weighted by atomic mass is 10.2. The van der Waals surface area contributed by atoms with Gasteiger partial charge >= 0.3 is 0 Å². The van der Waals surface area contributed by atoms with Gasteiger partial charge < -0.3 is 4.74 Å². The van der Waals surface area contributed by atoms with E-state index in [-0.39, 0.29) is 21.5 Å². The van der Waals surface area contributed by atoms with E-state index < -0.39 is 30.3 Å². The van der Waals surface area contributed by atoms with Crippen LogP contribution in [-0.4, -0.2) is 57.4 Å². The summed E-state index contributed by atoms with van der Waals surface area (Å²) in [4.78, 5) is 12.2. The first-order valence-electron chi connectivity index (χ1n) is 10.7. The highest BCUT2D eigenvalue weighted by Crippen LogP contribution is 2.32. The van der Waals surface area contributed by atoms with Crippen molar-refractivity contribution in [3.05, 3.63) is 53.1 Å². The number of rotatable bonds is 8. The SMILES string of the molecule is COc1ccc(NS(=O)(=O)c2nnc(NC(=O)c3ccc(Cl)cc3)s2)cc1S(=O)(=O)N1CCCCC1. The highest BCUT2D eigenvalue weighted by molar-refractivity contribution is 7.94. The fourth-order valence-corrected chi connectivity index (χ4v) is 7.29. The van der Waals surface area contributed by atoms with Crippen molar-refractivity contribution in [2.24, 2.45) is 0 Å². The number of carbonyl (C=O) groups excluding carboxylic acids is 1. The van der Waals surface area contributed by atoms with Gasteiger partial charge in [-0.25, -0.2) is 8.42 Å². The summed E-state index contributed by atoms with van der Waals surface area (Å²) in [7, 11) is -6.78. The fourth-order valence-electron chi connectivity index (χ4n) is 3.52. The van der Waals surface area contributed by atoms with Crippen LogP contribution in [0.5, 0.6) is 5.75 Å². The van der Waals surface area contributed by atoms with Crippen molar-refractivity contribution in [2.45, 2.75) is 28.5 Å². The Morgan fingerprint density at radius 3 is 2.39 bits per heavy atom. The zero-order valence-corrected chi connectivity index (χ0v) is 22.2. The largest absolute Gasteiger partial charge is 0.495 e. The number of nitrogens with one attached hydrogen (secondary N) is 2. The van der Waals surface area contributed by atoms with Gasteiger partial charge in [-0.05, 0) is 55.3 Å². The van der Waals surface area contributed by atoms with E-state index in [0.717, 1.165) is 19.3 Å². The van der Waals surface area contributed by atoms with Crippen molar-refractivity contribution in [2.75, 3.05) is 30.2 Å². The predicted octanol–water partition coefficient (Wildman–Crippen LogP) is 3.43. The molecule has 15 heteroatoms. The second-order valence-electron chi connectivity index (χ2n) is 7.77. The van der Waals surface area contributed by atoms with Crippen LogP contribution < -0.4 is 14.8 Å². The van der Waals surface area contributed by atoms with Crippen LogP contribution in [0.15, 0.2) is 51.7 Å².